The van der Waals surface area contributed by atoms with E-state index in [2.05, 4.69) is 24.1 Å². The maximum atomic E-state index is 11.3. The van der Waals surface area contributed by atoms with E-state index in [-0.39, 0.29) is 5.91 Å². The Morgan fingerprint density at radius 1 is 1.53 bits per heavy atom. The zero-order valence-corrected chi connectivity index (χ0v) is 13.0. The van der Waals surface area contributed by atoms with Gasteiger partial charge in [0.2, 0.25) is 5.91 Å². The van der Waals surface area contributed by atoms with E-state index in [1.807, 2.05) is 13.8 Å². The Bertz CT molecular complexity index is 289. The minimum atomic E-state index is -0.466. The van der Waals surface area contributed by atoms with Gasteiger partial charge in [0, 0.05) is 19.1 Å². The Balaban J connectivity index is 2.40. The molecule has 0 saturated carbocycles. The normalized spacial score (nSPS) is 23.3. The maximum Gasteiger partial charge on any atom is 0.224 e. The van der Waals surface area contributed by atoms with Crippen LogP contribution in [0, 0.1) is 11.3 Å². The molecule has 1 rings (SSSR count). The number of hydrogen-bond donors (Lipinski definition) is 2. The number of nitrogens with one attached hydrogen (secondary N) is 1. The van der Waals surface area contributed by atoms with Crippen molar-refractivity contribution in [2.75, 3.05) is 26.2 Å². The Kier molecular flexibility index (Phi) is 6.27. The summed E-state index contributed by atoms with van der Waals surface area (Å²) in [5, 5.41) is 3.51. The molecule has 4 nitrogen and oxygen atoms in total. The molecule has 112 valence electrons. The van der Waals surface area contributed by atoms with Crippen molar-refractivity contribution in [3.63, 3.8) is 0 Å². The Morgan fingerprint density at radius 2 is 2.21 bits per heavy atom. The summed E-state index contributed by atoms with van der Waals surface area (Å²) in [5.41, 5.74) is 4.94. The van der Waals surface area contributed by atoms with Crippen molar-refractivity contribution in [1.29, 1.82) is 0 Å². The van der Waals surface area contributed by atoms with Crippen LogP contribution in [0.15, 0.2) is 0 Å². The SMILES string of the molecule is CCCN1CCCC(C(C)NCC(C)(C)C(N)=O)C1. The fourth-order valence-corrected chi connectivity index (χ4v) is 2.69. The number of piperidine rings is 1. The van der Waals surface area contributed by atoms with Crippen LogP contribution in [-0.4, -0.2) is 43.0 Å². The number of rotatable bonds is 7. The number of amides is 1. The summed E-state index contributed by atoms with van der Waals surface area (Å²) in [5.74, 6) is 0.451. The summed E-state index contributed by atoms with van der Waals surface area (Å²) in [4.78, 5) is 13.9. The fraction of sp³-hybridized carbons (Fsp3) is 0.933. The van der Waals surface area contributed by atoms with Crippen LogP contribution in [0.2, 0.25) is 0 Å². The first kappa shape index (κ1) is 16.4. The standard InChI is InChI=1S/C15H31N3O/c1-5-8-18-9-6-7-13(10-18)12(2)17-11-15(3,4)14(16)19/h12-13,17H,5-11H2,1-4H3,(H2,16,19). The molecule has 0 aromatic carbocycles. The minimum Gasteiger partial charge on any atom is -0.369 e. The van der Waals surface area contributed by atoms with E-state index in [1.165, 1.54) is 38.9 Å². The van der Waals surface area contributed by atoms with Gasteiger partial charge < -0.3 is 16.0 Å². The highest BCUT2D eigenvalue weighted by molar-refractivity contribution is 5.80. The highest BCUT2D eigenvalue weighted by Gasteiger charge is 2.28. The van der Waals surface area contributed by atoms with Crippen LogP contribution in [-0.2, 0) is 4.79 Å². The maximum absolute atomic E-state index is 11.3. The van der Waals surface area contributed by atoms with E-state index in [0.717, 1.165) is 0 Å². The zero-order chi connectivity index (χ0) is 14.5. The van der Waals surface area contributed by atoms with Gasteiger partial charge in [0.15, 0.2) is 0 Å². The first-order chi connectivity index (χ1) is 8.86. The summed E-state index contributed by atoms with van der Waals surface area (Å²) < 4.78 is 0. The third-order valence-electron chi connectivity index (χ3n) is 4.32. The quantitative estimate of drug-likeness (QED) is 0.738. The molecule has 0 aliphatic carbocycles. The molecule has 0 radical (unpaired) electrons. The molecule has 19 heavy (non-hydrogen) atoms. The molecule has 1 heterocycles. The lowest BCUT2D eigenvalue weighted by Crippen LogP contribution is -2.48. The topological polar surface area (TPSA) is 58.4 Å². The van der Waals surface area contributed by atoms with Crippen LogP contribution in [0.1, 0.15) is 47.0 Å². The molecule has 2 unspecified atom stereocenters. The molecule has 1 amide bonds. The van der Waals surface area contributed by atoms with Crippen molar-refractivity contribution in [3.8, 4) is 0 Å². The molecular formula is C15H31N3O. The largest absolute Gasteiger partial charge is 0.369 e. The molecule has 3 N–H and O–H groups in total. The lowest BCUT2D eigenvalue weighted by Gasteiger charge is -2.37. The Hall–Kier alpha value is -0.610. The third kappa shape index (κ3) is 5.11. The number of carbonyl (C=O) groups is 1. The predicted octanol–water partition coefficient (Wildman–Crippen LogP) is 1.60. The number of likely N-dealkylation sites (tertiary alicyclic amines) is 1. The second-order valence-electron chi connectivity index (χ2n) is 6.62. The van der Waals surface area contributed by atoms with Crippen molar-refractivity contribution in [2.45, 2.75) is 53.0 Å². The minimum absolute atomic E-state index is 0.233. The van der Waals surface area contributed by atoms with Gasteiger partial charge in [-0.1, -0.05) is 6.92 Å². The molecule has 0 aromatic heterocycles. The van der Waals surface area contributed by atoms with Gasteiger partial charge in [-0.25, -0.2) is 0 Å². The van der Waals surface area contributed by atoms with Gasteiger partial charge in [-0.15, -0.1) is 0 Å². The summed E-state index contributed by atoms with van der Waals surface area (Å²) in [6.45, 7) is 12.6. The van der Waals surface area contributed by atoms with Gasteiger partial charge in [-0.3, -0.25) is 4.79 Å². The van der Waals surface area contributed by atoms with Gasteiger partial charge >= 0.3 is 0 Å². The lowest BCUT2D eigenvalue weighted by atomic mass is 9.88. The highest BCUT2D eigenvalue weighted by atomic mass is 16.1. The van der Waals surface area contributed by atoms with E-state index < -0.39 is 5.41 Å². The van der Waals surface area contributed by atoms with Crippen molar-refractivity contribution < 1.29 is 4.79 Å². The van der Waals surface area contributed by atoms with E-state index in [4.69, 9.17) is 5.73 Å². The molecule has 0 spiro atoms. The van der Waals surface area contributed by atoms with E-state index >= 15 is 0 Å². The smallest absolute Gasteiger partial charge is 0.224 e. The lowest BCUT2D eigenvalue weighted by molar-refractivity contribution is -0.125. The van der Waals surface area contributed by atoms with Crippen molar-refractivity contribution >= 4 is 5.91 Å². The molecule has 1 aliphatic heterocycles. The van der Waals surface area contributed by atoms with E-state index in [1.54, 1.807) is 0 Å². The molecule has 0 aromatic rings. The summed E-state index contributed by atoms with van der Waals surface area (Å²) in [6.07, 6.45) is 3.80. The first-order valence-electron chi connectivity index (χ1n) is 7.62. The van der Waals surface area contributed by atoms with Gasteiger partial charge in [-0.2, -0.15) is 0 Å². The van der Waals surface area contributed by atoms with Crippen LogP contribution in [0.25, 0.3) is 0 Å². The van der Waals surface area contributed by atoms with Crippen molar-refractivity contribution in [3.05, 3.63) is 0 Å². The van der Waals surface area contributed by atoms with E-state index in [9.17, 15) is 4.79 Å². The summed E-state index contributed by atoms with van der Waals surface area (Å²) >= 11 is 0. The van der Waals surface area contributed by atoms with Crippen molar-refractivity contribution in [1.82, 2.24) is 10.2 Å². The molecule has 1 aliphatic rings. The molecule has 1 fully saturated rings. The van der Waals surface area contributed by atoms with E-state index in [0.29, 0.717) is 18.5 Å². The number of carbonyl (C=O) groups excluding carboxylic acids is 1. The number of nitrogens with two attached hydrogens (primary N) is 1. The zero-order valence-electron chi connectivity index (χ0n) is 13.0. The highest BCUT2D eigenvalue weighted by Crippen LogP contribution is 2.21. The molecule has 1 saturated heterocycles. The first-order valence-corrected chi connectivity index (χ1v) is 7.62. The fourth-order valence-electron chi connectivity index (χ4n) is 2.69. The van der Waals surface area contributed by atoms with Gasteiger partial charge in [0.1, 0.15) is 0 Å². The average Bonchev–Trinajstić information content (AvgIpc) is 2.36. The van der Waals surface area contributed by atoms with Crippen LogP contribution >= 0.6 is 0 Å². The monoisotopic (exact) mass is 269 g/mol. The third-order valence-corrected chi connectivity index (χ3v) is 4.32. The second-order valence-corrected chi connectivity index (χ2v) is 6.62. The molecule has 0 bridgehead atoms. The molecular weight excluding hydrogens is 238 g/mol. The number of primary amides is 1. The van der Waals surface area contributed by atoms with Crippen LogP contribution < -0.4 is 11.1 Å². The molecule has 2 atom stereocenters. The van der Waals surface area contributed by atoms with Crippen LogP contribution in [0.4, 0.5) is 0 Å². The predicted molar refractivity (Wildman–Crippen MR) is 79.9 cm³/mol. The van der Waals surface area contributed by atoms with Gasteiger partial charge in [0.05, 0.1) is 5.41 Å². The average molecular weight is 269 g/mol. The number of nitrogens with zero attached hydrogens (tertiary/aromatic N) is 1. The van der Waals surface area contributed by atoms with Gasteiger partial charge in [-0.05, 0) is 59.0 Å². The summed E-state index contributed by atoms with van der Waals surface area (Å²) in [6, 6.07) is 0.443. The van der Waals surface area contributed by atoms with Crippen LogP contribution in [0.5, 0.6) is 0 Å². The van der Waals surface area contributed by atoms with Crippen molar-refractivity contribution in [2.24, 2.45) is 17.1 Å². The summed E-state index contributed by atoms with van der Waals surface area (Å²) in [7, 11) is 0. The van der Waals surface area contributed by atoms with Crippen LogP contribution in [0.3, 0.4) is 0 Å². The molecule has 4 heteroatoms. The Labute approximate surface area is 118 Å². The number of hydrogen-bond acceptors (Lipinski definition) is 3. The second kappa shape index (κ2) is 7.25. The Morgan fingerprint density at radius 3 is 2.79 bits per heavy atom. The van der Waals surface area contributed by atoms with Gasteiger partial charge in [0.25, 0.3) is 0 Å².